The molecule has 1 aliphatic carbocycles. The van der Waals surface area contributed by atoms with E-state index in [0.717, 1.165) is 43.4 Å². The van der Waals surface area contributed by atoms with Crippen molar-refractivity contribution in [2.24, 2.45) is 4.99 Å². The summed E-state index contributed by atoms with van der Waals surface area (Å²) in [6.07, 6.45) is 8.88. The second-order valence-corrected chi connectivity index (χ2v) is 6.67. The van der Waals surface area contributed by atoms with Crippen LogP contribution in [-0.2, 0) is 12.8 Å². The van der Waals surface area contributed by atoms with Gasteiger partial charge in [0.05, 0.1) is 12.4 Å². The lowest BCUT2D eigenvalue weighted by Crippen LogP contribution is -2.39. The molecule has 0 saturated heterocycles. The fourth-order valence-corrected chi connectivity index (χ4v) is 3.24. The zero-order chi connectivity index (χ0) is 18.0. The van der Waals surface area contributed by atoms with Gasteiger partial charge in [0.25, 0.3) is 0 Å². The van der Waals surface area contributed by atoms with E-state index >= 15 is 0 Å². The molecule has 0 atom stereocenters. The van der Waals surface area contributed by atoms with E-state index < -0.39 is 0 Å². The molecule has 2 aromatic rings. The highest BCUT2D eigenvalue weighted by atomic mass is 127. The molecule has 0 radical (unpaired) electrons. The summed E-state index contributed by atoms with van der Waals surface area (Å²) in [6.45, 7) is 1.63. The number of rotatable bonds is 8. The second-order valence-electron chi connectivity index (χ2n) is 6.67. The van der Waals surface area contributed by atoms with E-state index in [2.05, 4.69) is 39.9 Å². The summed E-state index contributed by atoms with van der Waals surface area (Å²) >= 11 is 0. The second kappa shape index (κ2) is 11.9. The van der Waals surface area contributed by atoms with Gasteiger partial charge >= 0.3 is 0 Å². The minimum atomic E-state index is 0. The third kappa shape index (κ3) is 7.44. The molecule has 148 valence electrons. The quantitative estimate of drug-likeness (QED) is 0.336. The highest BCUT2D eigenvalue weighted by molar-refractivity contribution is 14.0. The molecule has 1 saturated carbocycles. The van der Waals surface area contributed by atoms with E-state index in [1.807, 2.05) is 12.1 Å². The highest BCUT2D eigenvalue weighted by Gasteiger charge is 2.16. The molecule has 5 nitrogen and oxygen atoms in total. The average molecular weight is 483 g/mol. The summed E-state index contributed by atoms with van der Waals surface area (Å²) in [5.41, 5.74) is 1.29. The van der Waals surface area contributed by atoms with E-state index in [0.29, 0.717) is 6.10 Å². The Kier molecular flexibility index (Phi) is 9.52. The van der Waals surface area contributed by atoms with E-state index in [-0.39, 0.29) is 24.0 Å². The first-order valence-electron chi connectivity index (χ1n) is 9.56. The zero-order valence-corrected chi connectivity index (χ0v) is 18.3. The van der Waals surface area contributed by atoms with Gasteiger partial charge < -0.3 is 19.8 Å². The van der Waals surface area contributed by atoms with Crippen molar-refractivity contribution < 1.29 is 9.15 Å². The van der Waals surface area contributed by atoms with E-state index in [9.17, 15) is 0 Å². The maximum atomic E-state index is 6.01. The largest absolute Gasteiger partial charge is 0.490 e. The first kappa shape index (κ1) is 21.6. The van der Waals surface area contributed by atoms with Crippen molar-refractivity contribution in [3.8, 4) is 5.75 Å². The maximum absolute atomic E-state index is 6.01. The predicted molar refractivity (Wildman–Crippen MR) is 120 cm³/mol. The summed E-state index contributed by atoms with van der Waals surface area (Å²) in [7, 11) is 1.79. The fraction of sp³-hybridized carbons (Fsp3) is 0.476. The predicted octanol–water partition coefficient (Wildman–Crippen LogP) is 4.17. The Labute approximate surface area is 179 Å². The van der Waals surface area contributed by atoms with E-state index in [1.165, 1.54) is 31.2 Å². The van der Waals surface area contributed by atoms with Crippen LogP contribution < -0.4 is 15.4 Å². The number of hydrogen-bond donors (Lipinski definition) is 2. The maximum Gasteiger partial charge on any atom is 0.191 e. The number of benzene rings is 1. The van der Waals surface area contributed by atoms with Crippen LogP contribution >= 0.6 is 24.0 Å². The summed E-state index contributed by atoms with van der Waals surface area (Å²) in [5.74, 6) is 2.79. The lowest BCUT2D eigenvalue weighted by Gasteiger charge is -2.14. The number of guanidine groups is 1. The SMILES string of the molecule is CN=C(NCCc1ccc(OC2CCCC2)cc1)NCCc1ccco1.I. The number of aliphatic imine (C=N–C) groups is 1. The smallest absolute Gasteiger partial charge is 0.191 e. The molecule has 1 aromatic carbocycles. The van der Waals surface area contributed by atoms with Gasteiger partial charge in [-0.2, -0.15) is 0 Å². The van der Waals surface area contributed by atoms with Gasteiger partial charge in [-0.3, -0.25) is 4.99 Å². The molecule has 0 amide bonds. The molecule has 0 unspecified atom stereocenters. The molecule has 3 rings (SSSR count). The molecule has 2 N–H and O–H groups in total. The summed E-state index contributed by atoms with van der Waals surface area (Å²) in [6, 6.07) is 12.4. The number of ether oxygens (including phenoxy) is 1. The Hall–Kier alpha value is -1.70. The van der Waals surface area contributed by atoms with Gasteiger partial charge in [-0.25, -0.2) is 0 Å². The normalized spacial score (nSPS) is 14.6. The fourth-order valence-electron chi connectivity index (χ4n) is 3.24. The van der Waals surface area contributed by atoms with Crippen molar-refractivity contribution in [2.75, 3.05) is 20.1 Å². The molecule has 0 spiro atoms. The first-order valence-corrected chi connectivity index (χ1v) is 9.56. The van der Waals surface area contributed by atoms with Crippen molar-refractivity contribution >= 4 is 29.9 Å². The van der Waals surface area contributed by atoms with Crippen LogP contribution in [0.15, 0.2) is 52.1 Å². The number of nitrogens with one attached hydrogen (secondary N) is 2. The number of furan rings is 1. The Bertz CT molecular complexity index is 665. The van der Waals surface area contributed by atoms with Crippen molar-refractivity contribution in [1.82, 2.24) is 10.6 Å². The van der Waals surface area contributed by atoms with Crippen LogP contribution in [0.25, 0.3) is 0 Å². The molecule has 6 heteroatoms. The van der Waals surface area contributed by atoms with Crippen molar-refractivity contribution in [1.29, 1.82) is 0 Å². The third-order valence-electron chi connectivity index (χ3n) is 4.70. The zero-order valence-electron chi connectivity index (χ0n) is 15.9. The molecular weight excluding hydrogens is 453 g/mol. The highest BCUT2D eigenvalue weighted by Crippen LogP contribution is 2.24. The van der Waals surface area contributed by atoms with Crippen LogP contribution in [0.3, 0.4) is 0 Å². The standard InChI is InChI=1S/C21H29N3O2.HI/c1-22-21(24-15-13-18-7-4-16-25-18)23-14-12-17-8-10-20(11-9-17)26-19-5-2-3-6-19;/h4,7-11,16,19H,2-3,5-6,12-15H2,1H3,(H2,22,23,24);1H. The van der Waals surface area contributed by atoms with Gasteiger partial charge in [-0.05, 0) is 61.9 Å². The molecule has 1 fully saturated rings. The average Bonchev–Trinajstić information content (AvgIpc) is 3.36. The van der Waals surface area contributed by atoms with Crippen LogP contribution in [0.2, 0.25) is 0 Å². The molecule has 1 aromatic heterocycles. The summed E-state index contributed by atoms with van der Waals surface area (Å²) < 4.78 is 11.3. The van der Waals surface area contributed by atoms with E-state index in [4.69, 9.17) is 9.15 Å². The molecule has 1 heterocycles. The summed E-state index contributed by atoms with van der Waals surface area (Å²) in [5, 5.41) is 6.65. The topological polar surface area (TPSA) is 58.8 Å². The van der Waals surface area contributed by atoms with Crippen LogP contribution in [0.4, 0.5) is 0 Å². The van der Waals surface area contributed by atoms with Gasteiger partial charge in [0.1, 0.15) is 11.5 Å². The third-order valence-corrected chi connectivity index (χ3v) is 4.70. The molecule has 27 heavy (non-hydrogen) atoms. The Morgan fingerprint density at radius 1 is 1.07 bits per heavy atom. The van der Waals surface area contributed by atoms with Crippen LogP contribution in [-0.4, -0.2) is 32.2 Å². The molecular formula is C21H30IN3O2. The van der Waals surface area contributed by atoms with Crippen molar-refractivity contribution in [3.63, 3.8) is 0 Å². The Morgan fingerprint density at radius 3 is 2.41 bits per heavy atom. The Balaban J connectivity index is 0.00000261. The van der Waals surface area contributed by atoms with Crippen molar-refractivity contribution in [2.45, 2.75) is 44.6 Å². The summed E-state index contributed by atoms with van der Waals surface area (Å²) in [4.78, 5) is 4.25. The van der Waals surface area contributed by atoms with Gasteiger partial charge in [0, 0.05) is 26.6 Å². The van der Waals surface area contributed by atoms with Gasteiger partial charge in [0.15, 0.2) is 5.96 Å². The lowest BCUT2D eigenvalue weighted by atomic mass is 10.1. The Morgan fingerprint density at radius 2 is 1.78 bits per heavy atom. The van der Waals surface area contributed by atoms with Gasteiger partial charge in [-0.1, -0.05) is 12.1 Å². The minimum Gasteiger partial charge on any atom is -0.490 e. The molecule has 0 bridgehead atoms. The van der Waals surface area contributed by atoms with Crippen LogP contribution in [0.5, 0.6) is 5.75 Å². The minimum absolute atomic E-state index is 0. The first-order chi connectivity index (χ1) is 12.8. The van der Waals surface area contributed by atoms with Crippen molar-refractivity contribution in [3.05, 3.63) is 54.0 Å². The molecule has 0 aliphatic heterocycles. The number of nitrogens with zero attached hydrogens (tertiary/aromatic N) is 1. The van der Waals surface area contributed by atoms with Crippen LogP contribution in [0, 0.1) is 0 Å². The van der Waals surface area contributed by atoms with E-state index in [1.54, 1.807) is 13.3 Å². The van der Waals surface area contributed by atoms with Gasteiger partial charge in [-0.15, -0.1) is 24.0 Å². The monoisotopic (exact) mass is 483 g/mol. The van der Waals surface area contributed by atoms with Gasteiger partial charge in [0.2, 0.25) is 0 Å². The lowest BCUT2D eigenvalue weighted by molar-refractivity contribution is 0.210. The van der Waals surface area contributed by atoms with Crippen LogP contribution in [0.1, 0.15) is 37.0 Å². The number of hydrogen-bond acceptors (Lipinski definition) is 3. The molecule has 1 aliphatic rings. The number of halogens is 1.